The third-order valence-corrected chi connectivity index (χ3v) is 6.12. The molecular weight excluding hydrogens is 467 g/mol. The molecule has 0 fully saturated rings. The van der Waals surface area contributed by atoms with E-state index in [9.17, 15) is 9.59 Å². The smallest absolute Gasteiger partial charge is 0.266 e. The number of hydrogen-bond donors (Lipinski definition) is 1. The number of rotatable bonds is 6. The van der Waals surface area contributed by atoms with Crippen LogP contribution in [0.2, 0.25) is 10.0 Å². The number of nitrogens with zero attached hydrogens (tertiary/aromatic N) is 3. The molecule has 9 heteroatoms. The molecule has 0 atom stereocenters. The Morgan fingerprint density at radius 2 is 1.78 bits per heavy atom. The van der Waals surface area contributed by atoms with Gasteiger partial charge in [-0.25, -0.2) is 10.4 Å². The molecule has 1 aromatic heterocycles. The van der Waals surface area contributed by atoms with Crippen LogP contribution < -0.4 is 11.0 Å². The highest BCUT2D eigenvalue weighted by molar-refractivity contribution is 7.99. The SMILES string of the molecule is O=C(CSc1nc2ccccc2c(=O)n1-c1ccccc1)NN=Cc1ccc(Cl)c(Cl)c1. The lowest BCUT2D eigenvalue weighted by Gasteiger charge is -2.12. The molecule has 0 unspecified atom stereocenters. The first-order valence-electron chi connectivity index (χ1n) is 9.50. The third-order valence-electron chi connectivity index (χ3n) is 4.44. The van der Waals surface area contributed by atoms with Crippen molar-refractivity contribution in [1.82, 2.24) is 15.0 Å². The second-order valence-electron chi connectivity index (χ2n) is 6.64. The molecule has 0 saturated heterocycles. The molecule has 0 bridgehead atoms. The largest absolute Gasteiger partial charge is 0.272 e. The third kappa shape index (κ3) is 5.02. The van der Waals surface area contributed by atoms with Crippen LogP contribution in [0.1, 0.15) is 5.56 Å². The molecule has 0 radical (unpaired) electrons. The summed E-state index contributed by atoms with van der Waals surface area (Å²) in [7, 11) is 0. The molecule has 6 nitrogen and oxygen atoms in total. The van der Waals surface area contributed by atoms with Gasteiger partial charge in [0.15, 0.2) is 5.16 Å². The van der Waals surface area contributed by atoms with Crippen LogP contribution in [0.25, 0.3) is 16.6 Å². The minimum atomic E-state index is -0.340. The number of amides is 1. The Hall–Kier alpha value is -3.13. The molecule has 4 aromatic rings. The quantitative estimate of drug-likeness (QED) is 0.183. The van der Waals surface area contributed by atoms with Crippen molar-refractivity contribution >= 4 is 58.0 Å². The monoisotopic (exact) mass is 482 g/mol. The van der Waals surface area contributed by atoms with Crippen molar-refractivity contribution in [3.63, 3.8) is 0 Å². The number of carbonyl (C=O) groups is 1. The summed E-state index contributed by atoms with van der Waals surface area (Å²) >= 11 is 13.0. The Morgan fingerprint density at radius 1 is 1.03 bits per heavy atom. The molecule has 32 heavy (non-hydrogen) atoms. The van der Waals surface area contributed by atoms with E-state index in [1.54, 1.807) is 36.4 Å². The highest BCUT2D eigenvalue weighted by Crippen LogP contribution is 2.22. The second kappa shape index (κ2) is 9.99. The zero-order chi connectivity index (χ0) is 22.5. The maximum absolute atomic E-state index is 13.1. The van der Waals surface area contributed by atoms with Crippen molar-refractivity contribution in [1.29, 1.82) is 0 Å². The fourth-order valence-corrected chi connectivity index (χ4v) is 4.06. The van der Waals surface area contributed by atoms with E-state index in [1.165, 1.54) is 10.8 Å². The van der Waals surface area contributed by atoms with Gasteiger partial charge in [0.05, 0.1) is 38.6 Å². The Labute approximate surface area is 197 Å². The first kappa shape index (κ1) is 22.1. The van der Waals surface area contributed by atoms with E-state index in [1.807, 2.05) is 36.4 Å². The zero-order valence-corrected chi connectivity index (χ0v) is 18.9. The van der Waals surface area contributed by atoms with E-state index in [0.717, 1.165) is 11.8 Å². The van der Waals surface area contributed by atoms with Crippen molar-refractivity contribution < 1.29 is 4.79 Å². The Kier molecular flexibility index (Phi) is 6.90. The van der Waals surface area contributed by atoms with Gasteiger partial charge in [-0.15, -0.1) is 0 Å². The first-order chi connectivity index (χ1) is 15.5. The van der Waals surface area contributed by atoms with Gasteiger partial charge in [0.25, 0.3) is 11.5 Å². The highest BCUT2D eigenvalue weighted by Gasteiger charge is 2.14. The lowest BCUT2D eigenvalue weighted by atomic mass is 10.2. The molecule has 0 spiro atoms. The van der Waals surface area contributed by atoms with Gasteiger partial charge in [0, 0.05) is 0 Å². The first-order valence-corrected chi connectivity index (χ1v) is 11.2. The Bertz CT molecular complexity index is 1370. The van der Waals surface area contributed by atoms with E-state index < -0.39 is 0 Å². The number of hydrazone groups is 1. The standard InChI is InChI=1S/C23H16Cl2N4O2S/c24-18-11-10-15(12-19(18)25)13-26-28-21(30)14-32-23-27-20-9-5-4-8-17(20)22(31)29(23)16-6-2-1-3-7-16/h1-13H,14H2,(H,28,30). The summed E-state index contributed by atoms with van der Waals surface area (Å²) in [5.74, 6) is -0.315. The van der Waals surface area contributed by atoms with Crippen LogP contribution in [0.4, 0.5) is 0 Å². The minimum Gasteiger partial charge on any atom is -0.272 e. The number of thioether (sulfide) groups is 1. The van der Waals surface area contributed by atoms with Gasteiger partial charge in [-0.05, 0) is 42.0 Å². The summed E-state index contributed by atoms with van der Waals surface area (Å²) in [6.07, 6.45) is 1.47. The van der Waals surface area contributed by atoms with Crippen molar-refractivity contribution in [2.45, 2.75) is 5.16 Å². The Balaban J connectivity index is 1.53. The van der Waals surface area contributed by atoms with Gasteiger partial charge in [-0.1, -0.05) is 71.4 Å². The molecule has 3 aromatic carbocycles. The van der Waals surface area contributed by atoms with Crippen LogP contribution in [0.3, 0.4) is 0 Å². The molecule has 1 N–H and O–H groups in total. The summed E-state index contributed by atoms with van der Waals surface area (Å²) in [4.78, 5) is 30.1. The van der Waals surface area contributed by atoms with Gasteiger partial charge >= 0.3 is 0 Å². The summed E-state index contributed by atoms with van der Waals surface area (Å²) in [5.41, 5.74) is 4.22. The van der Waals surface area contributed by atoms with Gasteiger partial charge < -0.3 is 0 Å². The predicted molar refractivity (Wildman–Crippen MR) is 130 cm³/mol. The number of aromatic nitrogens is 2. The lowest BCUT2D eigenvalue weighted by molar-refractivity contribution is -0.118. The molecule has 160 valence electrons. The number of benzene rings is 3. The summed E-state index contributed by atoms with van der Waals surface area (Å²) in [5, 5.41) is 5.72. The molecule has 0 aliphatic rings. The minimum absolute atomic E-state index is 0.0241. The fraction of sp³-hybridized carbons (Fsp3) is 0.0435. The number of hydrogen-bond acceptors (Lipinski definition) is 5. The molecule has 4 rings (SSSR count). The molecule has 0 aliphatic heterocycles. The van der Waals surface area contributed by atoms with E-state index in [4.69, 9.17) is 23.2 Å². The van der Waals surface area contributed by atoms with Crippen molar-refractivity contribution in [3.05, 3.63) is 98.8 Å². The number of halogens is 2. The number of fused-ring (bicyclic) bond motifs is 1. The van der Waals surface area contributed by atoms with Crippen LogP contribution >= 0.6 is 35.0 Å². The highest BCUT2D eigenvalue weighted by atomic mass is 35.5. The average molecular weight is 483 g/mol. The van der Waals surface area contributed by atoms with E-state index in [2.05, 4.69) is 15.5 Å². The zero-order valence-electron chi connectivity index (χ0n) is 16.5. The van der Waals surface area contributed by atoms with Crippen molar-refractivity contribution in [2.24, 2.45) is 5.10 Å². The summed E-state index contributed by atoms with van der Waals surface area (Å²) < 4.78 is 1.51. The molecule has 0 saturated carbocycles. The van der Waals surface area contributed by atoms with Crippen LogP contribution in [-0.4, -0.2) is 27.4 Å². The van der Waals surface area contributed by atoms with Crippen LogP contribution in [0.15, 0.2) is 87.8 Å². The number of para-hydroxylation sites is 2. The normalized spacial score (nSPS) is 11.2. The molecular formula is C23H16Cl2N4O2S. The topological polar surface area (TPSA) is 76.3 Å². The molecule has 1 heterocycles. The summed E-state index contributed by atoms with van der Waals surface area (Å²) in [6, 6.07) is 21.4. The maximum atomic E-state index is 13.1. The van der Waals surface area contributed by atoms with Gasteiger partial charge in [0.2, 0.25) is 0 Å². The van der Waals surface area contributed by atoms with Gasteiger partial charge in [-0.3, -0.25) is 14.2 Å². The molecule has 0 aliphatic carbocycles. The van der Waals surface area contributed by atoms with Crippen molar-refractivity contribution in [2.75, 3.05) is 5.75 Å². The van der Waals surface area contributed by atoms with Crippen LogP contribution in [-0.2, 0) is 4.79 Å². The average Bonchev–Trinajstić information content (AvgIpc) is 2.81. The maximum Gasteiger partial charge on any atom is 0.266 e. The van der Waals surface area contributed by atoms with Crippen LogP contribution in [0.5, 0.6) is 0 Å². The Morgan fingerprint density at radius 3 is 2.56 bits per heavy atom. The lowest BCUT2D eigenvalue weighted by Crippen LogP contribution is -2.24. The summed E-state index contributed by atoms with van der Waals surface area (Å²) in [6.45, 7) is 0. The van der Waals surface area contributed by atoms with E-state index in [0.29, 0.717) is 37.4 Å². The number of carbonyl (C=O) groups excluding carboxylic acids is 1. The van der Waals surface area contributed by atoms with Crippen molar-refractivity contribution in [3.8, 4) is 5.69 Å². The van der Waals surface area contributed by atoms with E-state index in [-0.39, 0.29) is 17.2 Å². The second-order valence-corrected chi connectivity index (χ2v) is 8.40. The van der Waals surface area contributed by atoms with Gasteiger partial charge in [-0.2, -0.15) is 5.10 Å². The van der Waals surface area contributed by atoms with E-state index >= 15 is 0 Å². The fourth-order valence-electron chi connectivity index (χ4n) is 2.95. The van der Waals surface area contributed by atoms with Crippen LogP contribution in [0, 0.1) is 0 Å². The molecule has 1 amide bonds. The number of nitrogens with one attached hydrogen (secondary N) is 1. The van der Waals surface area contributed by atoms with Gasteiger partial charge in [0.1, 0.15) is 0 Å². The predicted octanol–water partition coefficient (Wildman–Crippen LogP) is 4.93.